The number of amides is 1. The number of ether oxygens (including phenoxy) is 2. The quantitative estimate of drug-likeness (QED) is 0.237. The maximum Gasteiger partial charge on any atom is 0.337 e. The van der Waals surface area contributed by atoms with Crippen LogP contribution in [-0.4, -0.2) is 42.0 Å². The monoisotopic (exact) mass is 420 g/mol. The van der Waals surface area contributed by atoms with Crippen molar-refractivity contribution in [2.75, 3.05) is 13.7 Å². The minimum Gasteiger partial charge on any atom is -0.494 e. The van der Waals surface area contributed by atoms with Crippen molar-refractivity contribution in [2.45, 2.75) is 19.8 Å². The van der Waals surface area contributed by atoms with Gasteiger partial charge >= 0.3 is 5.97 Å². The minimum absolute atomic E-state index is 0.288. The van der Waals surface area contributed by atoms with Crippen LogP contribution in [0.15, 0.2) is 59.7 Å². The topological polar surface area (TPSA) is 106 Å². The molecule has 0 spiro atoms. The lowest BCUT2D eigenvalue weighted by molar-refractivity contribution is 0.0600. The molecule has 31 heavy (non-hydrogen) atoms. The predicted octanol–water partition coefficient (Wildman–Crippen LogP) is 3.81. The number of H-pyrrole nitrogens is 1. The van der Waals surface area contributed by atoms with Crippen LogP contribution in [0.25, 0.3) is 11.3 Å². The molecular weight excluding hydrogens is 396 g/mol. The molecule has 0 fully saturated rings. The number of rotatable bonds is 9. The highest BCUT2D eigenvalue weighted by atomic mass is 16.5. The molecule has 2 aromatic carbocycles. The second-order valence-electron chi connectivity index (χ2n) is 6.71. The molecule has 8 nitrogen and oxygen atoms in total. The van der Waals surface area contributed by atoms with E-state index in [4.69, 9.17) is 4.74 Å². The summed E-state index contributed by atoms with van der Waals surface area (Å²) in [6.07, 6.45) is 3.58. The zero-order chi connectivity index (χ0) is 22.1. The third kappa shape index (κ3) is 6.02. The second-order valence-corrected chi connectivity index (χ2v) is 6.71. The Morgan fingerprint density at radius 1 is 1.13 bits per heavy atom. The summed E-state index contributed by atoms with van der Waals surface area (Å²) in [6, 6.07) is 15.9. The second kappa shape index (κ2) is 10.7. The SMILES string of the molecule is CCCCOc1ccc(-c2cc(C(=O)NN=Cc3ccc(C(=O)OC)cc3)[nH]n2)cc1. The number of hydrazone groups is 1. The van der Waals surface area contributed by atoms with E-state index in [1.165, 1.54) is 13.3 Å². The first-order chi connectivity index (χ1) is 15.1. The van der Waals surface area contributed by atoms with E-state index in [9.17, 15) is 9.59 Å². The van der Waals surface area contributed by atoms with Gasteiger partial charge in [-0.1, -0.05) is 25.5 Å². The Morgan fingerprint density at radius 3 is 2.55 bits per heavy atom. The van der Waals surface area contributed by atoms with Gasteiger partial charge in [0.25, 0.3) is 5.91 Å². The maximum absolute atomic E-state index is 12.3. The fraction of sp³-hybridized carbons (Fsp3) is 0.217. The minimum atomic E-state index is -0.416. The zero-order valence-corrected chi connectivity index (χ0v) is 17.4. The molecule has 0 saturated carbocycles. The van der Waals surface area contributed by atoms with Gasteiger partial charge in [0.1, 0.15) is 11.4 Å². The fourth-order valence-electron chi connectivity index (χ4n) is 2.69. The smallest absolute Gasteiger partial charge is 0.337 e. The van der Waals surface area contributed by atoms with E-state index < -0.39 is 11.9 Å². The van der Waals surface area contributed by atoms with Crippen molar-refractivity contribution >= 4 is 18.1 Å². The van der Waals surface area contributed by atoms with Gasteiger partial charge in [-0.15, -0.1) is 0 Å². The van der Waals surface area contributed by atoms with E-state index in [2.05, 4.69) is 32.4 Å². The molecule has 0 bridgehead atoms. The lowest BCUT2D eigenvalue weighted by atomic mass is 10.1. The van der Waals surface area contributed by atoms with Crippen molar-refractivity contribution < 1.29 is 19.1 Å². The molecule has 160 valence electrons. The first-order valence-corrected chi connectivity index (χ1v) is 9.91. The van der Waals surface area contributed by atoms with Gasteiger partial charge in [-0.3, -0.25) is 9.89 Å². The van der Waals surface area contributed by atoms with Crippen LogP contribution in [0.4, 0.5) is 0 Å². The van der Waals surface area contributed by atoms with Crippen LogP contribution in [0, 0.1) is 0 Å². The Balaban J connectivity index is 1.56. The highest BCUT2D eigenvalue weighted by Gasteiger charge is 2.10. The van der Waals surface area contributed by atoms with Gasteiger partial charge in [-0.05, 0) is 54.4 Å². The van der Waals surface area contributed by atoms with Gasteiger partial charge < -0.3 is 9.47 Å². The van der Waals surface area contributed by atoms with Gasteiger partial charge in [0, 0.05) is 5.56 Å². The molecule has 0 aliphatic heterocycles. The number of carbonyl (C=O) groups excluding carboxylic acids is 2. The summed E-state index contributed by atoms with van der Waals surface area (Å²) in [7, 11) is 1.33. The van der Waals surface area contributed by atoms with Crippen molar-refractivity contribution in [2.24, 2.45) is 5.10 Å². The van der Waals surface area contributed by atoms with Crippen LogP contribution >= 0.6 is 0 Å². The van der Waals surface area contributed by atoms with Gasteiger partial charge in [-0.2, -0.15) is 10.2 Å². The number of methoxy groups -OCH3 is 1. The average Bonchev–Trinajstić information content (AvgIpc) is 3.30. The van der Waals surface area contributed by atoms with Gasteiger partial charge in [0.2, 0.25) is 0 Å². The molecule has 8 heteroatoms. The molecule has 1 amide bonds. The number of carbonyl (C=O) groups is 2. The first-order valence-electron chi connectivity index (χ1n) is 9.91. The number of aromatic nitrogens is 2. The molecule has 0 aliphatic carbocycles. The zero-order valence-electron chi connectivity index (χ0n) is 17.4. The number of esters is 1. The number of hydrogen-bond acceptors (Lipinski definition) is 6. The van der Waals surface area contributed by atoms with Crippen LogP contribution < -0.4 is 10.2 Å². The number of hydrogen-bond donors (Lipinski definition) is 2. The van der Waals surface area contributed by atoms with E-state index in [1.807, 2.05) is 24.3 Å². The lowest BCUT2D eigenvalue weighted by Gasteiger charge is -2.05. The third-order valence-corrected chi connectivity index (χ3v) is 4.45. The summed E-state index contributed by atoms with van der Waals surface area (Å²) < 4.78 is 10.3. The van der Waals surface area contributed by atoms with E-state index in [1.54, 1.807) is 30.3 Å². The Kier molecular flexibility index (Phi) is 7.53. The largest absolute Gasteiger partial charge is 0.494 e. The molecule has 1 aromatic heterocycles. The molecule has 3 rings (SSSR count). The highest BCUT2D eigenvalue weighted by molar-refractivity contribution is 5.94. The lowest BCUT2D eigenvalue weighted by Crippen LogP contribution is -2.18. The number of nitrogens with zero attached hydrogens (tertiary/aromatic N) is 2. The summed E-state index contributed by atoms with van der Waals surface area (Å²) in [5.41, 5.74) is 5.41. The van der Waals surface area contributed by atoms with Crippen LogP contribution in [0.5, 0.6) is 5.75 Å². The predicted molar refractivity (Wildman–Crippen MR) is 117 cm³/mol. The Labute approximate surface area is 180 Å². The molecule has 0 radical (unpaired) electrons. The molecular formula is C23H24N4O4. The van der Waals surface area contributed by atoms with Crippen molar-refractivity contribution in [3.05, 3.63) is 71.4 Å². The number of unbranched alkanes of at least 4 members (excludes halogenated alkanes) is 1. The molecule has 2 N–H and O–H groups in total. The number of nitrogens with one attached hydrogen (secondary N) is 2. The average molecular weight is 420 g/mol. The van der Waals surface area contributed by atoms with Crippen molar-refractivity contribution in [1.29, 1.82) is 0 Å². The molecule has 1 heterocycles. The van der Waals surface area contributed by atoms with Crippen LogP contribution in [0.2, 0.25) is 0 Å². The highest BCUT2D eigenvalue weighted by Crippen LogP contribution is 2.21. The van der Waals surface area contributed by atoms with Crippen LogP contribution in [-0.2, 0) is 4.74 Å². The maximum atomic E-state index is 12.3. The summed E-state index contributed by atoms with van der Waals surface area (Å²) in [5, 5.41) is 10.8. The summed E-state index contributed by atoms with van der Waals surface area (Å²) in [6.45, 7) is 2.81. The standard InChI is InChI=1S/C23H24N4O4/c1-3-4-13-31-19-11-9-17(10-12-19)20-14-21(26-25-20)22(28)27-24-15-16-5-7-18(8-6-16)23(29)30-2/h5-12,14-15H,3-4,13H2,1-2H3,(H,25,26)(H,27,28). The molecule has 0 atom stereocenters. The summed E-state index contributed by atoms with van der Waals surface area (Å²) >= 11 is 0. The van der Waals surface area contributed by atoms with Crippen molar-refractivity contribution in [3.63, 3.8) is 0 Å². The van der Waals surface area contributed by atoms with Crippen LogP contribution in [0.3, 0.4) is 0 Å². The molecule has 0 aliphatic rings. The Hall–Kier alpha value is -3.94. The Morgan fingerprint density at radius 2 is 1.87 bits per heavy atom. The van der Waals surface area contributed by atoms with Crippen molar-refractivity contribution in [1.82, 2.24) is 15.6 Å². The van der Waals surface area contributed by atoms with E-state index in [0.29, 0.717) is 17.9 Å². The van der Waals surface area contributed by atoms with Crippen molar-refractivity contribution in [3.8, 4) is 17.0 Å². The van der Waals surface area contributed by atoms with Gasteiger partial charge in [-0.25, -0.2) is 10.2 Å². The first kappa shape index (κ1) is 21.8. The van der Waals surface area contributed by atoms with Gasteiger partial charge in [0.15, 0.2) is 0 Å². The molecule has 3 aromatic rings. The number of benzene rings is 2. The Bertz CT molecular complexity index is 1040. The number of aromatic amines is 1. The van der Waals surface area contributed by atoms with E-state index in [-0.39, 0.29) is 5.69 Å². The summed E-state index contributed by atoms with van der Waals surface area (Å²) in [4.78, 5) is 23.7. The van der Waals surface area contributed by atoms with E-state index >= 15 is 0 Å². The summed E-state index contributed by atoms with van der Waals surface area (Å²) in [5.74, 6) is -0.0224. The molecule has 0 unspecified atom stereocenters. The third-order valence-electron chi connectivity index (χ3n) is 4.45. The van der Waals surface area contributed by atoms with Crippen LogP contribution in [0.1, 0.15) is 46.2 Å². The van der Waals surface area contributed by atoms with E-state index in [0.717, 1.165) is 29.7 Å². The normalized spacial score (nSPS) is 10.8. The van der Waals surface area contributed by atoms with Gasteiger partial charge in [0.05, 0.1) is 31.2 Å². The fourth-order valence-corrected chi connectivity index (χ4v) is 2.69. The molecule has 0 saturated heterocycles.